The van der Waals surface area contributed by atoms with Gasteiger partial charge >= 0.3 is 0 Å². The number of aliphatic hydroxyl groups excluding tert-OH is 3. The Morgan fingerprint density at radius 1 is 0.767 bits per heavy atom. The molecule has 4 aliphatic carbocycles. The van der Waals surface area contributed by atoms with Gasteiger partial charge in [0.25, 0.3) is 0 Å². The summed E-state index contributed by atoms with van der Waals surface area (Å²) in [6.45, 7) is 12.1. The third kappa shape index (κ3) is 3.69. The zero-order chi connectivity index (χ0) is 21.8. The molecule has 0 radical (unpaired) electrons. The molecule has 0 amide bonds. The number of hydrogen-bond donors (Lipinski definition) is 3. The van der Waals surface area contributed by atoms with Crippen LogP contribution in [0.1, 0.15) is 98.8 Å². The Hall–Kier alpha value is -0.120. The van der Waals surface area contributed by atoms with Crippen LogP contribution in [0.3, 0.4) is 0 Å². The van der Waals surface area contributed by atoms with E-state index in [9.17, 15) is 15.3 Å². The second-order valence-electron chi connectivity index (χ2n) is 12.9. The minimum Gasteiger partial charge on any atom is -0.393 e. The fraction of sp³-hybridized carbons (Fsp3) is 1.00. The van der Waals surface area contributed by atoms with Crippen molar-refractivity contribution < 1.29 is 15.3 Å². The summed E-state index contributed by atoms with van der Waals surface area (Å²) < 4.78 is 0. The van der Waals surface area contributed by atoms with E-state index in [0.717, 1.165) is 30.1 Å². The number of rotatable bonds is 5. The molecule has 174 valence electrons. The molecule has 30 heavy (non-hydrogen) atoms. The Labute approximate surface area is 185 Å². The lowest BCUT2D eigenvalue weighted by Gasteiger charge is -2.62. The van der Waals surface area contributed by atoms with Crippen LogP contribution >= 0.6 is 0 Å². The summed E-state index contributed by atoms with van der Waals surface area (Å²) in [7, 11) is 0. The van der Waals surface area contributed by atoms with Gasteiger partial charge in [0, 0.05) is 0 Å². The van der Waals surface area contributed by atoms with Crippen molar-refractivity contribution in [3.8, 4) is 0 Å². The summed E-state index contributed by atoms with van der Waals surface area (Å²) in [4.78, 5) is 0. The molecule has 3 nitrogen and oxygen atoms in total. The normalized spacial score (nSPS) is 51.9. The standard InChI is InChI=1S/C27H48O3/c1-16(2)7-6-8-17(3)19-9-10-20-18-13-23(28)22-14-24(29)25(30)15-27(22,5)21(18)11-12-26(19,20)4/h16-25,28-30H,6-15H2,1-5H3/t17-,18+,19-,20+,21+,22-,23-,24+,25+,26-,27-/m1/s1. The summed E-state index contributed by atoms with van der Waals surface area (Å²) in [6, 6.07) is 0. The van der Waals surface area contributed by atoms with Crippen molar-refractivity contribution in [3.05, 3.63) is 0 Å². The first kappa shape index (κ1) is 23.1. The van der Waals surface area contributed by atoms with Crippen molar-refractivity contribution in [2.45, 2.75) is 117 Å². The lowest BCUT2D eigenvalue weighted by atomic mass is 9.43. The van der Waals surface area contributed by atoms with E-state index in [1.165, 1.54) is 44.9 Å². The van der Waals surface area contributed by atoms with Gasteiger partial charge in [-0.1, -0.05) is 53.9 Å². The Morgan fingerprint density at radius 3 is 2.17 bits per heavy atom. The molecule has 4 aliphatic rings. The second kappa shape index (κ2) is 8.34. The van der Waals surface area contributed by atoms with E-state index in [0.29, 0.717) is 30.1 Å². The fourth-order valence-corrected chi connectivity index (χ4v) is 9.35. The molecule has 11 atom stereocenters. The Kier molecular flexibility index (Phi) is 6.41. The zero-order valence-electron chi connectivity index (χ0n) is 20.2. The van der Waals surface area contributed by atoms with Crippen molar-refractivity contribution in [1.29, 1.82) is 0 Å². The Bertz CT molecular complexity index is 605. The van der Waals surface area contributed by atoms with Gasteiger partial charge in [-0.3, -0.25) is 0 Å². The molecule has 0 saturated heterocycles. The van der Waals surface area contributed by atoms with E-state index < -0.39 is 12.2 Å². The first-order valence-electron chi connectivity index (χ1n) is 13.1. The van der Waals surface area contributed by atoms with Crippen molar-refractivity contribution in [2.75, 3.05) is 0 Å². The maximum absolute atomic E-state index is 11.2. The van der Waals surface area contributed by atoms with E-state index in [1.54, 1.807) is 0 Å². The van der Waals surface area contributed by atoms with Gasteiger partial charge in [0.15, 0.2) is 0 Å². The van der Waals surface area contributed by atoms with E-state index in [2.05, 4.69) is 34.6 Å². The average Bonchev–Trinajstić information content (AvgIpc) is 3.01. The van der Waals surface area contributed by atoms with Crippen LogP contribution in [0.25, 0.3) is 0 Å². The minimum atomic E-state index is -0.661. The van der Waals surface area contributed by atoms with Gasteiger partial charge in [0.05, 0.1) is 18.3 Å². The van der Waals surface area contributed by atoms with Gasteiger partial charge in [-0.25, -0.2) is 0 Å². The highest BCUT2D eigenvalue weighted by Crippen LogP contribution is 2.68. The molecule has 4 rings (SSSR count). The van der Waals surface area contributed by atoms with E-state index in [-0.39, 0.29) is 17.4 Å². The van der Waals surface area contributed by atoms with Gasteiger partial charge in [0.2, 0.25) is 0 Å². The smallest absolute Gasteiger partial charge is 0.0804 e. The highest BCUT2D eigenvalue weighted by atomic mass is 16.3. The molecule has 0 unspecified atom stereocenters. The molecule has 0 bridgehead atoms. The molecule has 4 fully saturated rings. The molecule has 0 aromatic rings. The molecule has 0 aromatic heterocycles. The number of hydrogen-bond acceptors (Lipinski definition) is 3. The van der Waals surface area contributed by atoms with Crippen LogP contribution < -0.4 is 0 Å². The zero-order valence-corrected chi connectivity index (χ0v) is 20.2. The van der Waals surface area contributed by atoms with Gasteiger partial charge in [0.1, 0.15) is 0 Å². The lowest BCUT2D eigenvalue weighted by molar-refractivity contribution is -0.195. The average molecular weight is 421 g/mol. The molecule has 3 heteroatoms. The van der Waals surface area contributed by atoms with Crippen LogP contribution in [0.2, 0.25) is 0 Å². The number of aliphatic hydroxyl groups is 3. The fourth-order valence-electron chi connectivity index (χ4n) is 9.35. The molecule has 0 aromatic carbocycles. The minimum absolute atomic E-state index is 0.0245. The van der Waals surface area contributed by atoms with Crippen molar-refractivity contribution in [3.63, 3.8) is 0 Å². The quantitative estimate of drug-likeness (QED) is 0.557. The van der Waals surface area contributed by atoms with E-state index in [4.69, 9.17) is 0 Å². The summed E-state index contributed by atoms with van der Waals surface area (Å²) in [6.07, 6.45) is 9.88. The predicted molar refractivity (Wildman–Crippen MR) is 122 cm³/mol. The Morgan fingerprint density at radius 2 is 1.47 bits per heavy atom. The second-order valence-corrected chi connectivity index (χ2v) is 12.9. The molecular formula is C27H48O3. The third-order valence-corrected chi connectivity index (χ3v) is 10.9. The third-order valence-electron chi connectivity index (χ3n) is 10.9. The molecule has 0 spiro atoms. The van der Waals surface area contributed by atoms with Gasteiger partial charge in [-0.05, 0) is 97.2 Å². The van der Waals surface area contributed by atoms with Gasteiger partial charge < -0.3 is 15.3 Å². The topological polar surface area (TPSA) is 60.7 Å². The predicted octanol–water partition coefficient (Wildman–Crippen LogP) is 5.41. The maximum Gasteiger partial charge on any atom is 0.0804 e. The molecule has 3 N–H and O–H groups in total. The highest BCUT2D eigenvalue weighted by molar-refractivity contribution is 5.12. The molecular weight excluding hydrogens is 372 g/mol. The van der Waals surface area contributed by atoms with E-state index >= 15 is 0 Å². The Balaban J connectivity index is 1.51. The molecule has 4 saturated carbocycles. The summed E-state index contributed by atoms with van der Waals surface area (Å²) >= 11 is 0. The first-order chi connectivity index (χ1) is 14.1. The van der Waals surface area contributed by atoms with Crippen LogP contribution in [-0.2, 0) is 0 Å². The largest absolute Gasteiger partial charge is 0.393 e. The summed E-state index contributed by atoms with van der Waals surface area (Å²) in [5.41, 5.74) is 0.400. The van der Waals surface area contributed by atoms with Crippen LogP contribution in [-0.4, -0.2) is 33.6 Å². The summed E-state index contributed by atoms with van der Waals surface area (Å²) in [5.74, 6) is 4.51. The number of fused-ring (bicyclic) bond motifs is 5. The van der Waals surface area contributed by atoms with Crippen LogP contribution in [0.4, 0.5) is 0 Å². The van der Waals surface area contributed by atoms with Crippen molar-refractivity contribution >= 4 is 0 Å². The monoisotopic (exact) mass is 420 g/mol. The summed E-state index contributed by atoms with van der Waals surface area (Å²) in [5, 5.41) is 31.9. The first-order valence-corrected chi connectivity index (χ1v) is 13.1. The van der Waals surface area contributed by atoms with Crippen LogP contribution in [0, 0.1) is 52.3 Å². The van der Waals surface area contributed by atoms with Gasteiger partial charge in [-0.15, -0.1) is 0 Å². The molecule has 0 heterocycles. The van der Waals surface area contributed by atoms with E-state index in [1.807, 2.05) is 0 Å². The van der Waals surface area contributed by atoms with Crippen molar-refractivity contribution in [2.24, 2.45) is 52.3 Å². The van der Waals surface area contributed by atoms with Crippen LogP contribution in [0.5, 0.6) is 0 Å². The maximum atomic E-state index is 11.2. The van der Waals surface area contributed by atoms with Crippen molar-refractivity contribution in [1.82, 2.24) is 0 Å². The van der Waals surface area contributed by atoms with Crippen LogP contribution in [0.15, 0.2) is 0 Å². The SMILES string of the molecule is CC(C)CCC[C@@H](C)[C@H]1CC[C@H]2[C@@H]3C[C@@H](O)[C@H]4C[C@H](O)[C@@H](O)C[C@]4(C)[C@H]3CC[C@]12C. The van der Waals surface area contributed by atoms with Gasteiger partial charge in [-0.2, -0.15) is 0 Å². The highest BCUT2D eigenvalue weighted by Gasteiger charge is 2.63. The molecule has 0 aliphatic heterocycles. The lowest BCUT2D eigenvalue weighted by Crippen LogP contribution is -2.60.